The Morgan fingerprint density at radius 1 is 1.15 bits per heavy atom. The second-order valence-electron chi connectivity index (χ2n) is 5.73. The van der Waals surface area contributed by atoms with E-state index in [0.29, 0.717) is 17.2 Å². The molecule has 0 bridgehead atoms. The van der Waals surface area contributed by atoms with Crippen molar-refractivity contribution in [1.82, 2.24) is 0 Å². The summed E-state index contributed by atoms with van der Waals surface area (Å²) in [4.78, 5) is 12.9. The lowest BCUT2D eigenvalue weighted by atomic mass is 10.2. The van der Waals surface area contributed by atoms with E-state index in [1.54, 1.807) is 6.07 Å². The van der Waals surface area contributed by atoms with Crippen LogP contribution in [0.15, 0.2) is 60.0 Å². The summed E-state index contributed by atoms with van der Waals surface area (Å²) in [6.45, 7) is -0.537. The van der Waals surface area contributed by atoms with Gasteiger partial charge in [-0.15, -0.1) is 11.3 Å². The fourth-order valence-corrected chi connectivity index (χ4v) is 3.15. The van der Waals surface area contributed by atoms with Crippen molar-refractivity contribution in [2.75, 3.05) is 5.32 Å². The smallest absolute Gasteiger partial charge is 0.387 e. The number of hydrogen-bond acceptors (Lipinski definition) is 4. The largest absolute Gasteiger partial charge is 0.489 e. The Kier molecular flexibility index (Phi) is 6.03. The van der Waals surface area contributed by atoms with Gasteiger partial charge in [0.15, 0.2) is 0 Å². The molecule has 0 unspecified atom stereocenters. The number of nitrogens with one attached hydrogen (secondary N) is 1. The number of alkyl halides is 2. The number of anilines is 1. The number of hydrogen-bond donors (Lipinski definition) is 1. The van der Waals surface area contributed by atoms with Crippen LogP contribution in [0.4, 0.5) is 14.5 Å². The standard InChI is InChI=1S/C20H17F2NO3S/c1-13-4-2-3-5-17(13)25-11-14-10-18(27-12-14)19(24)23-15-6-8-16(9-7-15)26-20(21)22/h2-10,12,20H,11H2,1H3,(H,23,24). The number of halogens is 2. The van der Waals surface area contributed by atoms with Gasteiger partial charge in [-0.05, 0) is 54.3 Å². The summed E-state index contributed by atoms with van der Waals surface area (Å²) >= 11 is 1.31. The Hall–Kier alpha value is -2.93. The Balaban J connectivity index is 1.57. The molecule has 0 saturated heterocycles. The van der Waals surface area contributed by atoms with Crippen LogP contribution in [-0.2, 0) is 6.61 Å². The zero-order chi connectivity index (χ0) is 19.2. The Bertz CT molecular complexity index is 910. The Morgan fingerprint density at radius 3 is 2.59 bits per heavy atom. The van der Waals surface area contributed by atoms with Gasteiger partial charge in [0.1, 0.15) is 18.1 Å². The molecular formula is C20H17F2NO3S. The number of ether oxygens (including phenoxy) is 2. The zero-order valence-electron chi connectivity index (χ0n) is 14.4. The molecule has 1 N–H and O–H groups in total. The number of benzene rings is 2. The van der Waals surface area contributed by atoms with Crippen LogP contribution in [0.25, 0.3) is 0 Å². The molecule has 0 aliphatic rings. The summed E-state index contributed by atoms with van der Waals surface area (Å²) in [5.41, 5.74) is 2.44. The fourth-order valence-electron chi connectivity index (χ4n) is 2.36. The molecule has 1 aromatic heterocycles. The molecule has 3 aromatic rings. The molecule has 3 rings (SSSR count). The average molecular weight is 389 g/mol. The lowest BCUT2D eigenvalue weighted by molar-refractivity contribution is -0.0498. The van der Waals surface area contributed by atoms with Crippen molar-refractivity contribution in [2.24, 2.45) is 0 Å². The number of rotatable bonds is 7. The maximum atomic E-state index is 12.3. The van der Waals surface area contributed by atoms with Crippen LogP contribution in [0.2, 0.25) is 0 Å². The van der Waals surface area contributed by atoms with E-state index in [1.165, 1.54) is 35.6 Å². The zero-order valence-corrected chi connectivity index (χ0v) is 15.3. The molecule has 0 atom stereocenters. The summed E-state index contributed by atoms with van der Waals surface area (Å²) in [5, 5.41) is 4.59. The number of aryl methyl sites for hydroxylation is 1. The SMILES string of the molecule is Cc1ccccc1OCc1csc(C(=O)Nc2ccc(OC(F)F)cc2)c1. The van der Waals surface area contributed by atoms with Gasteiger partial charge < -0.3 is 14.8 Å². The fraction of sp³-hybridized carbons (Fsp3) is 0.150. The van der Waals surface area contributed by atoms with E-state index in [0.717, 1.165) is 16.9 Å². The predicted octanol–water partition coefficient (Wildman–Crippen LogP) is 5.49. The first kappa shape index (κ1) is 18.8. The van der Waals surface area contributed by atoms with E-state index in [4.69, 9.17) is 4.74 Å². The predicted molar refractivity (Wildman–Crippen MR) is 101 cm³/mol. The van der Waals surface area contributed by atoms with E-state index in [-0.39, 0.29) is 11.7 Å². The first-order valence-electron chi connectivity index (χ1n) is 8.13. The van der Waals surface area contributed by atoms with E-state index in [1.807, 2.05) is 36.6 Å². The van der Waals surface area contributed by atoms with E-state index >= 15 is 0 Å². The highest BCUT2D eigenvalue weighted by molar-refractivity contribution is 7.12. The van der Waals surface area contributed by atoms with Crippen LogP contribution in [-0.4, -0.2) is 12.5 Å². The van der Waals surface area contributed by atoms with Crippen molar-refractivity contribution in [3.05, 3.63) is 76.0 Å². The Labute approximate surface area is 159 Å². The van der Waals surface area contributed by atoms with Gasteiger partial charge in [0.25, 0.3) is 5.91 Å². The summed E-state index contributed by atoms with van der Waals surface area (Å²) < 4.78 is 34.3. The lowest BCUT2D eigenvalue weighted by Crippen LogP contribution is -2.10. The van der Waals surface area contributed by atoms with Gasteiger partial charge in [-0.2, -0.15) is 8.78 Å². The van der Waals surface area contributed by atoms with Crippen molar-refractivity contribution in [2.45, 2.75) is 20.1 Å². The molecule has 140 valence electrons. The van der Waals surface area contributed by atoms with Crippen LogP contribution in [0.3, 0.4) is 0 Å². The minimum absolute atomic E-state index is 0.0368. The molecule has 2 aromatic carbocycles. The topological polar surface area (TPSA) is 47.6 Å². The van der Waals surface area contributed by atoms with Crippen molar-refractivity contribution in [3.63, 3.8) is 0 Å². The summed E-state index contributed by atoms with van der Waals surface area (Å²) in [6.07, 6.45) is 0. The number of thiophene rings is 1. The minimum atomic E-state index is -2.88. The van der Waals surface area contributed by atoms with Crippen LogP contribution >= 0.6 is 11.3 Å². The van der Waals surface area contributed by atoms with Gasteiger partial charge in [-0.25, -0.2) is 0 Å². The van der Waals surface area contributed by atoms with Crippen molar-refractivity contribution in [1.29, 1.82) is 0 Å². The van der Waals surface area contributed by atoms with E-state index in [9.17, 15) is 13.6 Å². The Morgan fingerprint density at radius 2 is 1.89 bits per heavy atom. The normalized spacial score (nSPS) is 10.7. The third-order valence-electron chi connectivity index (χ3n) is 3.70. The number of amides is 1. The molecule has 0 radical (unpaired) electrons. The molecule has 0 spiro atoms. The van der Waals surface area contributed by atoms with E-state index < -0.39 is 6.61 Å². The van der Waals surface area contributed by atoms with Crippen molar-refractivity contribution in [3.8, 4) is 11.5 Å². The molecule has 27 heavy (non-hydrogen) atoms. The second-order valence-corrected chi connectivity index (χ2v) is 6.64. The molecule has 1 heterocycles. The highest BCUT2D eigenvalue weighted by Crippen LogP contribution is 2.22. The highest BCUT2D eigenvalue weighted by Gasteiger charge is 2.11. The number of carbonyl (C=O) groups excluding carboxylic acids is 1. The van der Waals surface area contributed by atoms with Crippen LogP contribution in [0, 0.1) is 6.92 Å². The second kappa shape index (κ2) is 8.64. The van der Waals surface area contributed by atoms with Gasteiger partial charge in [-0.3, -0.25) is 4.79 Å². The van der Waals surface area contributed by atoms with Gasteiger partial charge >= 0.3 is 6.61 Å². The molecule has 0 saturated carbocycles. The molecule has 7 heteroatoms. The van der Waals surface area contributed by atoms with Crippen LogP contribution in [0.5, 0.6) is 11.5 Å². The maximum Gasteiger partial charge on any atom is 0.387 e. The summed E-state index contributed by atoms with van der Waals surface area (Å²) in [5.74, 6) is 0.570. The van der Waals surface area contributed by atoms with Gasteiger partial charge in [0.05, 0.1) is 4.88 Å². The average Bonchev–Trinajstić information content (AvgIpc) is 3.11. The first-order valence-corrected chi connectivity index (χ1v) is 9.01. The monoisotopic (exact) mass is 389 g/mol. The number of para-hydroxylation sites is 1. The summed E-state index contributed by atoms with van der Waals surface area (Å²) in [7, 11) is 0. The third-order valence-corrected chi connectivity index (χ3v) is 4.68. The molecule has 0 aliphatic heterocycles. The lowest BCUT2D eigenvalue weighted by Gasteiger charge is -2.07. The molecule has 4 nitrogen and oxygen atoms in total. The molecule has 0 aliphatic carbocycles. The van der Waals surface area contributed by atoms with Crippen molar-refractivity contribution < 1.29 is 23.0 Å². The van der Waals surface area contributed by atoms with Gasteiger partial charge in [0, 0.05) is 11.3 Å². The minimum Gasteiger partial charge on any atom is -0.489 e. The summed E-state index contributed by atoms with van der Waals surface area (Å²) in [6, 6.07) is 15.3. The third kappa shape index (κ3) is 5.27. The maximum absolute atomic E-state index is 12.3. The highest BCUT2D eigenvalue weighted by atomic mass is 32.1. The molecule has 0 fully saturated rings. The van der Waals surface area contributed by atoms with Gasteiger partial charge in [0.2, 0.25) is 0 Å². The van der Waals surface area contributed by atoms with Gasteiger partial charge in [-0.1, -0.05) is 18.2 Å². The number of carbonyl (C=O) groups is 1. The first-order chi connectivity index (χ1) is 13.0. The van der Waals surface area contributed by atoms with Crippen LogP contribution < -0.4 is 14.8 Å². The quantitative estimate of drug-likeness (QED) is 0.581. The molecular weight excluding hydrogens is 372 g/mol. The molecule has 1 amide bonds. The van der Waals surface area contributed by atoms with E-state index in [2.05, 4.69) is 10.1 Å². The van der Waals surface area contributed by atoms with Crippen molar-refractivity contribution >= 4 is 22.9 Å². The van der Waals surface area contributed by atoms with Crippen LogP contribution in [0.1, 0.15) is 20.8 Å².